The smallest absolute Gasteiger partial charge is 0.123 e. The third-order valence-electron chi connectivity index (χ3n) is 1.89. The van der Waals surface area contributed by atoms with Gasteiger partial charge in [0.05, 0.1) is 28.5 Å². The van der Waals surface area contributed by atoms with Gasteiger partial charge in [0.1, 0.15) is 6.29 Å². The predicted molar refractivity (Wildman–Crippen MR) is 56.1 cm³/mol. The fourth-order valence-corrected chi connectivity index (χ4v) is 1.80. The van der Waals surface area contributed by atoms with Gasteiger partial charge in [0.15, 0.2) is 0 Å². The summed E-state index contributed by atoms with van der Waals surface area (Å²) in [7, 11) is 1.32. The molecule has 5 heteroatoms. The van der Waals surface area contributed by atoms with E-state index in [0.29, 0.717) is 19.3 Å². The molecular formula is C7H11IO3S. The Labute approximate surface area is 88.4 Å². The Morgan fingerprint density at radius 2 is 2.25 bits per heavy atom. The molecule has 1 rings (SSSR count). The van der Waals surface area contributed by atoms with E-state index in [-0.39, 0.29) is 5.92 Å². The summed E-state index contributed by atoms with van der Waals surface area (Å²) in [5.74, 6) is 0.245. The van der Waals surface area contributed by atoms with Crippen LogP contribution in [0.5, 0.6) is 0 Å². The average molecular weight is 302 g/mol. The zero-order valence-electron chi connectivity index (χ0n) is 6.57. The molecule has 1 aliphatic carbocycles. The van der Waals surface area contributed by atoms with Crippen LogP contribution in [0.1, 0.15) is 12.8 Å². The van der Waals surface area contributed by atoms with Crippen molar-refractivity contribution in [3.8, 4) is 0 Å². The lowest BCUT2D eigenvalue weighted by molar-refractivity contribution is -0.119. The van der Waals surface area contributed by atoms with Gasteiger partial charge in [-0.25, -0.2) is 0 Å². The molecule has 0 heterocycles. The lowest BCUT2D eigenvalue weighted by Crippen LogP contribution is -2.32. The molecule has 0 saturated heterocycles. The first kappa shape index (κ1) is 10.7. The molecule has 12 heavy (non-hydrogen) atoms. The second kappa shape index (κ2) is 6.17. The zero-order valence-corrected chi connectivity index (χ0v) is 9.55. The molecule has 0 N–H and O–H groups in total. The van der Waals surface area contributed by atoms with E-state index in [2.05, 4.69) is 21.2 Å². The van der Waals surface area contributed by atoms with E-state index in [1.807, 2.05) is 0 Å². The Kier molecular flexibility index (Phi) is 5.53. The quantitative estimate of drug-likeness (QED) is 0.325. The first-order chi connectivity index (χ1) is 5.86. The van der Waals surface area contributed by atoms with E-state index in [4.69, 9.17) is 8.92 Å². The van der Waals surface area contributed by atoms with Gasteiger partial charge in [-0.05, 0) is 12.8 Å². The van der Waals surface area contributed by atoms with E-state index in [9.17, 15) is 4.79 Å². The molecule has 0 unspecified atom stereocenters. The SMILES string of the molecule is O=CC1CC(OCCOSI)C1. The predicted octanol–water partition coefficient (Wildman–Crippen LogP) is 2.00. The van der Waals surface area contributed by atoms with Crippen molar-refractivity contribution in [2.45, 2.75) is 18.9 Å². The second-order valence-electron chi connectivity index (χ2n) is 2.75. The third-order valence-corrected chi connectivity index (χ3v) is 2.91. The maximum Gasteiger partial charge on any atom is 0.123 e. The molecule has 0 aromatic carbocycles. The van der Waals surface area contributed by atoms with Crippen molar-refractivity contribution in [2.75, 3.05) is 13.2 Å². The molecule has 0 bridgehead atoms. The van der Waals surface area contributed by atoms with E-state index in [1.54, 1.807) is 0 Å². The van der Waals surface area contributed by atoms with Gasteiger partial charge >= 0.3 is 0 Å². The first-order valence-electron chi connectivity index (χ1n) is 3.84. The molecule has 0 spiro atoms. The number of ether oxygens (including phenoxy) is 1. The maximum atomic E-state index is 10.2. The van der Waals surface area contributed by atoms with Crippen LogP contribution in [0.3, 0.4) is 0 Å². The number of hydrogen-bond donors (Lipinski definition) is 0. The molecule has 1 fully saturated rings. The second-order valence-corrected chi connectivity index (χ2v) is 4.19. The lowest BCUT2D eigenvalue weighted by atomic mass is 9.83. The summed E-state index contributed by atoms with van der Waals surface area (Å²) in [6, 6.07) is 0. The van der Waals surface area contributed by atoms with Crippen molar-refractivity contribution in [3.05, 3.63) is 0 Å². The van der Waals surface area contributed by atoms with Crippen molar-refractivity contribution >= 4 is 36.7 Å². The van der Waals surface area contributed by atoms with Crippen LogP contribution in [0.25, 0.3) is 0 Å². The fourth-order valence-electron chi connectivity index (χ4n) is 1.13. The summed E-state index contributed by atoms with van der Waals surface area (Å²) in [6.45, 7) is 1.25. The highest BCUT2D eigenvalue weighted by Crippen LogP contribution is 2.27. The molecular weight excluding hydrogens is 291 g/mol. The molecule has 70 valence electrons. The van der Waals surface area contributed by atoms with Crippen LogP contribution in [0, 0.1) is 5.92 Å². The van der Waals surface area contributed by atoms with E-state index in [1.165, 1.54) is 9.21 Å². The number of carbonyl (C=O) groups excluding carboxylic acids is 1. The number of rotatable bonds is 6. The van der Waals surface area contributed by atoms with Crippen LogP contribution in [0.4, 0.5) is 0 Å². The van der Waals surface area contributed by atoms with Gasteiger partial charge in [0.2, 0.25) is 0 Å². The van der Waals surface area contributed by atoms with Gasteiger partial charge in [0.25, 0.3) is 0 Å². The minimum absolute atomic E-state index is 0.245. The highest BCUT2D eigenvalue weighted by molar-refractivity contribution is 14.2. The highest BCUT2D eigenvalue weighted by atomic mass is 127. The van der Waals surface area contributed by atoms with Gasteiger partial charge in [-0.2, -0.15) is 0 Å². The van der Waals surface area contributed by atoms with Gasteiger partial charge in [-0.1, -0.05) is 0 Å². The molecule has 3 nitrogen and oxygen atoms in total. The van der Waals surface area contributed by atoms with E-state index < -0.39 is 0 Å². The van der Waals surface area contributed by atoms with Gasteiger partial charge in [-0.15, -0.1) is 0 Å². The van der Waals surface area contributed by atoms with Gasteiger partial charge < -0.3 is 13.7 Å². The highest BCUT2D eigenvalue weighted by Gasteiger charge is 2.28. The molecule has 0 atom stereocenters. The largest absolute Gasteiger partial charge is 0.376 e. The van der Waals surface area contributed by atoms with Crippen LogP contribution in [0.15, 0.2) is 0 Å². The number of hydrogen-bond acceptors (Lipinski definition) is 4. The Morgan fingerprint density at radius 1 is 1.50 bits per heavy atom. The number of carbonyl (C=O) groups is 1. The first-order valence-corrected chi connectivity index (χ1v) is 7.12. The van der Waals surface area contributed by atoms with E-state index in [0.717, 1.165) is 19.1 Å². The molecule has 0 aromatic heterocycles. The summed E-state index contributed by atoms with van der Waals surface area (Å²) in [5, 5.41) is 0. The van der Waals surface area contributed by atoms with Crippen molar-refractivity contribution in [1.29, 1.82) is 0 Å². The topological polar surface area (TPSA) is 35.5 Å². The molecule has 0 amide bonds. The number of halogens is 1. The minimum atomic E-state index is 0.245. The molecule has 0 aliphatic heterocycles. The lowest BCUT2D eigenvalue weighted by Gasteiger charge is -2.31. The standard InChI is InChI=1S/C7H11IO3S/c8-12-11-2-1-10-7-3-6(4-7)5-9/h5-7H,1-4H2. The summed E-state index contributed by atoms with van der Waals surface area (Å²) in [4.78, 5) is 10.2. The van der Waals surface area contributed by atoms with Crippen molar-refractivity contribution in [3.63, 3.8) is 0 Å². The normalized spacial score (nSPS) is 28.1. The maximum absolute atomic E-state index is 10.2. The summed E-state index contributed by atoms with van der Waals surface area (Å²) in [6.07, 6.45) is 3.08. The molecule has 0 aromatic rings. The Balaban J connectivity index is 1.86. The molecule has 1 saturated carbocycles. The van der Waals surface area contributed by atoms with Gasteiger partial charge in [-0.3, -0.25) is 0 Å². The zero-order chi connectivity index (χ0) is 8.81. The van der Waals surface area contributed by atoms with Crippen LogP contribution < -0.4 is 0 Å². The van der Waals surface area contributed by atoms with Crippen LogP contribution in [-0.4, -0.2) is 25.6 Å². The third kappa shape index (κ3) is 3.59. The van der Waals surface area contributed by atoms with Crippen LogP contribution >= 0.6 is 30.4 Å². The van der Waals surface area contributed by atoms with Crippen LogP contribution in [0.2, 0.25) is 0 Å². The van der Waals surface area contributed by atoms with Gasteiger partial charge in [0, 0.05) is 27.1 Å². The summed E-state index contributed by atoms with van der Waals surface area (Å²) < 4.78 is 10.4. The average Bonchev–Trinajstić information content (AvgIpc) is 2.01. The number of aldehydes is 1. The van der Waals surface area contributed by atoms with Crippen molar-refractivity contribution in [1.82, 2.24) is 0 Å². The molecule has 1 aliphatic rings. The Bertz CT molecular complexity index is 139. The van der Waals surface area contributed by atoms with Crippen molar-refractivity contribution < 1.29 is 13.7 Å². The van der Waals surface area contributed by atoms with Crippen LogP contribution in [-0.2, 0) is 13.7 Å². The monoisotopic (exact) mass is 302 g/mol. The van der Waals surface area contributed by atoms with Crippen molar-refractivity contribution in [2.24, 2.45) is 5.92 Å². The Morgan fingerprint density at radius 3 is 2.83 bits per heavy atom. The minimum Gasteiger partial charge on any atom is -0.376 e. The molecule has 0 radical (unpaired) electrons. The Hall–Kier alpha value is 0.670. The fraction of sp³-hybridized carbons (Fsp3) is 0.857. The summed E-state index contributed by atoms with van der Waals surface area (Å²) >= 11 is 2.07. The van der Waals surface area contributed by atoms with E-state index >= 15 is 0 Å². The summed E-state index contributed by atoms with van der Waals surface area (Å²) in [5.41, 5.74) is 0.